The lowest BCUT2D eigenvalue weighted by Crippen LogP contribution is -2.63. The fraction of sp³-hybridized carbons (Fsp3) is 0.519. The average Bonchev–Trinajstić information content (AvgIpc) is 3.94. The Labute approximate surface area is 411 Å². The van der Waals surface area contributed by atoms with Crippen LogP contribution in [0.5, 0.6) is 0 Å². The number of hydrogen-bond acceptors (Lipinski definition) is 7. The second kappa shape index (κ2) is 16.7. The molecular formula is C54H57Cl2FN6O6. The zero-order valence-corrected chi connectivity index (χ0v) is 40.5. The van der Waals surface area contributed by atoms with Crippen LogP contribution in [0.25, 0.3) is 0 Å². The number of benzene rings is 3. The number of carbonyl (C=O) groups excluding carboxylic acids is 6. The van der Waals surface area contributed by atoms with Gasteiger partial charge in [-0.1, -0.05) is 73.2 Å². The summed E-state index contributed by atoms with van der Waals surface area (Å²) in [4.78, 5) is 86.0. The highest BCUT2D eigenvalue weighted by Gasteiger charge is 2.73. The first-order valence-corrected chi connectivity index (χ1v) is 25.5. The smallest absolute Gasteiger partial charge is 0.255 e. The second-order valence-corrected chi connectivity index (χ2v) is 22.9. The topological polar surface area (TPSA) is 157 Å². The molecule has 12 rings (SSSR count). The van der Waals surface area contributed by atoms with Gasteiger partial charge in [0.15, 0.2) is 0 Å². The number of carbonyl (C=O) groups is 6. The quantitative estimate of drug-likeness (QED) is 0.151. The highest BCUT2D eigenvalue weighted by atomic mass is 35.5. The normalized spacial score (nSPS) is 31.0. The summed E-state index contributed by atoms with van der Waals surface area (Å²) in [6.45, 7) is 5.89. The first kappa shape index (κ1) is 46.1. The van der Waals surface area contributed by atoms with E-state index in [2.05, 4.69) is 47.0 Å². The number of nitrogens with zero attached hydrogens (tertiary/aromatic N) is 2. The Bertz CT molecular complexity index is 2780. The third kappa shape index (κ3) is 7.32. The number of rotatable bonds is 5. The number of halogens is 3. The second-order valence-electron chi connectivity index (χ2n) is 22.1. The first-order chi connectivity index (χ1) is 33.0. The predicted octanol–water partition coefficient (Wildman–Crippen LogP) is 7.68. The lowest BCUT2D eigenvalue weighted by atomic mass is 9.53. The summed E-state index contributed by atoms with van der Waals surface area (Å²) >= 11 is 13.0. The van der Waals surface area contributed by atoms with E-state index in [4.69, 9.17) is 23.2 Å². The lowest BCUT2D eigenvalue weighted by molar-refractivity contribution is -0.151. The molecule has 69 heavy (non-hydrogen) atoms. The van der Waals surface area contributed by atoms with Crippen molar-refractivity contribution in [2.24, 2.45) is 16.7 Å². The molecule has 2 bridgehead atoms. The minimum Gasteiger partial charge on any atom is -0.349 e. The Morgan fingerprint density at radius 2 is 1.55 bits per heavy atom. The van der Waals surface area contributed by atoms with Gasteiger partial charge in [0.2, 0.25) is 29.5 Å². The molecule has 7 fully saturated rings. The van der Waals surface area contributed by atoms with Crippen molar-refractivity contribution in [1.82, 2.24) is 25.8 Å². The largest absolute Gasteiger partial charge is 0.349 e. The van der Waals surface area contributed by atoms with E-state index in [1.54, 1.807) is 30.3 Å². The number of piperidine rings is 2. The third-order valence-corrected chi connectivity index (χ3v) is 18.4. The van der Waals surface area contributed by atoms with E-state index >= 15 is 9.18 Å². The van der Waals surface area contributed by atoms with Gasteiger partial charge in [-0.05, 0) is 136 Å². The van der Waals surface area contributed by atoms with Crippen molar-refractivity contribution >= 4 is 64.3 Å². The summed E-state index contributed by atoms with van der Waals surface area (Å²) in [7, 11) is 0. The zero-order valence-electron chi connectivity index (χ0n) is 39.0. The average molecular weight is 976 g/mol. The minimum absolute atomic E-state index is 0.0132. The Morgan fingerprint density at radius 1 is 0.841 bits per heavy atom. The summed E-state index contributed by atoms with van der Waals surface area (Å²) in [5.41, 5.74) is 0.285. The third-order valence-electron chi connectivity index (χ3n) is 17.9. The lowest BCUT2D eigenvalue weighted by Gasteiger charge is -2.54. The monoisotopic (exact) mass is 974 g/mol. The maximum Gasteiger partial charge on any atom is 0.255 e. The molecule has 5 aliphatic heterocycles. The van der Waals surface area contributed by atoms with Crippen LogP contribution in [-0.2, 0) is 35.9 Å². The van der Waals surface area contributed by atoms with Crippen molar-refractivity contribution in [3.63, 3.8) is 0 Å². The molecule has 4 N–H and O–H groups in total. The van der Waals surface area contributed by atoms with E-state index in [0.29, 0.717) is 92.7 Å². The number of hydrogen-bond donors (Lipinski definition) is 4. The van der Waals surface area contributed by atoms with Crippen LogP contribution in [0.3, 0.4) is 0 Å². The zero-order chi connectivity index (χ0) is 48.3. The number of fused-ring (bicyclic) bond motifs is 7. The van der Waals surface area contributed by atoms with Gasteiger partial charge < -0.3 is 20.4 Å². The molecule has 0 aromatic heterocycles. The van der Waals surface area contributed by atoms with Crippen molar-refractivity contribution in [1.29, 1.82) is 0 Å². The van der Waals surface area contributed by atoms with Gasteiger partial charge in [-0.2, -0.15) is 0 Å². The number of anilines is 1. The molecule has 2 spiro atoms. The van der Waals surface area contributed by atoms with Gasteiger partial charge in [0.1, 0.15) is 17.3 Å². The summed E-state index contributed by atoms with van der Waals surface area (Å²) in [5, 5.41) is 13.2. The van der Waals surface area contributed by atoms with Crippen LogP contribution in [0, 0.1) is 34.4 Å². The van der Waals surface area contributed by atoms with Gasteiger partial charge in [0.25, 0.3) is 5.91 Å². The van der Waals surface area contributed by atoms with E-state index in [1.165, 1.54) is 11.0 Å². The van der Waals surface area contributed by atoms with Crippen molar-refractivity contribution in [2.75, 3.05) is 18.4 Å². The molecule has 4 saturated carbocycles. The fourth-order valence-corrected chi connectivity index (χ4v) is 14.2. The van der Waals surface area contributed by atoms with E-state index in [0.717, 1.165) is 36.8 Å². The van der Waals surface area contributed by atoms with E-state index in [-0.39, 0.29) is 64.4 Å². The molecule has 4 atom stereocenters. The highest BCUT2D eigenvalue weighted by molar-refractivity contribution is 6.31. The fourth-order valence-electron chi connectivity index (χ4n) is 13.9. The molecule has 1 unspecified atom stereocenters. The summed E-state index contributed by atoms with van der Waals surface area (Å²) in [6, 6.07) is 14.0. The number of nitrogens with one attached hydrogen (secondary N) is 4. The summed E-state index contributed by atoms with van der Waals surface area (Å²) in [6.07, 6.45) is 8.56. The molecule has 3 aromatic carbocycles. The van der Waals surface area contributed by atoms with Gasteiger partial charge in [-0.3, -0.25) is 39.4 Å². The minimum atomic E-state index is -1.35. The maximum atomic E-state index is 16.6. The first-order valence-electron chi connectivity index (χ1n) is 24.7. The van der Waals surface area contributed by atoms with Crippen LogP contribution in [0.4, 0.5) is 10.1 Å². The predicted molar refractivity (Wildman–Crippen MR) is 257 cm³/mol. The Balaban J connectivity index is 0.782. The molecule has 360 valence electrons. The molecule has 12 nitrogen and oxygen atoms in total. The Hall–Kier alpha value is -5.29. The molecule has 4 aliphatic carbocycles. The molecule has 9 aliphatic rings. The molecular weight excluding hydrogens is 919 g/mol. The van der Waals surface area contributed by atoms with E-state index < -0.39 is 51.6 Å². The van der Waals surface area contributed by atoms with E-state index in [1.807, 2.05) is 23.1 Å². The van der Waals surface area contributed by atoms with Gasteiger partial charge in [-0.15, -0.1) is 0 Å². The van der Waals surface area contributed by atoms with Crippen molar-refractivity contribution in [3.05, 3.63) is 98.3 Å². The standard InChI is InChI=1S/C54H57Cl2FN6O6/c1-50(2)17-25-53(26-18-50)54(37-12-11-33(55)29-39(37)58-48(54)68)42(35-7-4-8-38(56)43(35)57)44(60-53)46(66)61-52-22-19-51(20-23-52,21-24-52)49(69)62-27-15-31(16-28-62)9-10-32-5-3-6-34-36(32)30-63(47(34)67)40-13-14-41(64)59-45(40)65/h3-8,11-12,29,31,40,42,44,60H,13-28,30H2,1-2H3,(H,58,68)(H,61,66)(H,59,64,65)/t40?,42-,44+,51?,52?,54+/m0/s1. The van der Waals surface area contributed by atoms with Crippen molar-refractivity contribution < 1.29 is 33.2 Å². The highest BCUT2D eigenvalue weighted by Crippen LogP contribution is 2.64. The van der Waals surface area contributed by atoms with Gasteiger partial charge >= 0.3 is 0 Å². The maximum absolute atomic E-state index is 16.6. The molecule has 15 heteroatoms. The van der Waals surface area contributed by atoms with Crippen molar-refractivity contribution in [3.8, 4) is 11.8 Å². The van der Waals surface area contributed by atoms with Gasteiger partial charge in [-0.25, -0.2) is 4.39 Å². The van der Waals surface area contributed by atoms with Crippen LogP contribution in [-0.4, -0.2) is 81.5 Å². The summed E-state index contributed by atoms with van der Waals surface area (Å²) in [5.74, 6) is 3.86. The number of imide groups is 1. The Kier molecular flexibility index (Phi) is 11.1. The SMILES string of the molecule is CC1(C)CCC2(CC1)N[C@@H](C(=O)NC13CCC(C(=O)N4CCC(C#Cc5cccc6c5CN(C5CCC(=O)NC5=O)C6=O)CC4)(CC1)CC3)[C@H](c1cccc(Cl)c1F)[C@]21C(=O)Nc2cc(Cl)ccc21. The number of likely N-dealkylation sites (tertiary alicyclic amines) is 1. The summed E-state index contributed by atoms with van der Waals surface area (Å²) < 4.78 is 16.6. The molecule has 3 saturated heterocycles. The van der Waals surface area contributed by atoms with Crippen LogP contribution in [0.1, 0.15) is 142 Å². The molecule has 5 heterocycles. The van der Waals surface area contributed by atoms with Crippen LogP contribution in [0.15, 0.2) is 54.6 Å². The Morgan fingerprint density at radius 3 is 2.26 bits per heavy atom. The van der Waals surface area contributed by atoms with Gasteiger partial charge in [0, 0.05) is 76.2 Å². The van der Waals surface area contributed by atoms with Gasteiger partial charge in [0.05, 0.1) is 11.1 Å². The molecule has 3 aromatic rings. The van der Waals surface area contributed by atoms with Crippen molar-refractivity contribution in [2.45, 2.75) is 145 Å². The molecule has 6 amide bonds. The van der Waals surface area contributed by atoms with Crippen LogP contribution in [0.2, 0.25) is 10.0 Å². The molecule has 0 radical (unpaired) electrons. The van der Waals surface area contributed by atoms with E-state index in [9.17, 15) is 24.0 Å². The van der Waals surface area contributed by atoms with Crippen LogP contribution >= 0.6 is 23.2 Å². The van der Waals surface area contributed by atoms with Crippen LogP contribution < -0.4 is 21.3 Å². The number of amides is 6.